The first-order chi connectivity index (χ1) is 15.4. The summed E-state index contributed by atoms with van der Waals surface area (Å²) < 4.78 is 5.40. The van der Waals surface area contributed by atoms with Crippen LogP contribution >= 0.6 is 11.6 Å². The fourth-order valence-electron chi connectivity index (χ4n) is 2.75. The summed E-state index contributed by atoms with van der Waals surface area (Å²) in [5, 5.41) is 11.7. The molecule has 0 aliphatic heterocycles. The van der Waals surface area contributed by atoms with Gasteiger partial charge in [-0.1, -0.05) is 30.3 Å². The number of carbonyl (C=O) groups is 2. The van der Waals surface area contributed by atoms with Crippen LogP contribution in [0.2, 0.25) is 5.02 Å². The molecule has 2 aromatic carbocycles. The lowest BCUT2D eigenvalue weighted by atomic mass is 10.1. The smallest absolute Gasteiger partial charge is 0.253 e. The Labute approximate surface area is 189 Å². The quantitative estimate of drug-likeness (QED) is 0.380. The van der Waals surface area contributed by atoms with Gasteiger partial charge in [0.05, 0.1) is 30.2 Å². The van der Waals surface area contributed by atoms with E-state index in [2.05, 4.69) is 37.8 Å². The number of aromatic nitrogens is 2. The van der Waals surface area contributed by atoms with Gasteiger partial charge >= 0.3 is 0 Å². The molecule has 0 spiro atoms. The Morgan fingerprint density at radius 1 is 1.12 bits per heavy atom. The Morgan fingerprint density at radius 2 is 1.91 bits per heavy atom. The van der Waals surface area contributed by atoms with E-state index in [1.54, 1.807) is 49.5 Å². The van der Waals surface area contributed by atoms with Crippen LogP contribution in [0.15, 0.2) is 61.3 Å². The molecular weight excluding hydrogens is 432 g/mol. The number of rotatable bonds is 8. The zero-order valence-corrected chi connectivity index (χ0v) is 18.2. The number of ether oxygens (including phenoxy) is 1. The Kier molecular flexibility index (Phi) is 7.25. The zero-order valence-electron chi connectivity index (χ0n) is 17.4. The van der Waals surface area contributed by atoms with Crippen LogP contribution in [0.25, 0.3) is 0 Å². The molecule has 0 atom stereocenters. The van der Waals surface area contributed by atoms with E-state index < -0.39 is 0 Å². The average molecular weight is 453 g/mol. The molecule has 0 aliphatic carbocycles. The largest absolute Gasteiger partial charge is 0.494 e. The van der Waals surface area contributed by atoms with E-state index in [1.807, 2.05) is 0 Å². The first kappa shape index (κ1) is 22.6. The van der Waals surface area contributed by atoms with E-state index in [0.717, 1.165) is 0 Å². The molecule has 3 rings (SSSR count). The lowest BCUT2D eigenvalue weighted by Gasteiger charge is -2.14. The number of nitrogens with zero attached hydrogens (tertiary/aromatic N) is 2. The first-order valence-electron chi connectivity index (χ1n) is 9.44. The van der Waals surface area contributed by atoms with Crippen molar-refractivity contribution in [2.75, 3.05) is 30.1 Å². The lowest BCUT2D eigenvalue weighted by Crippen LogP contribution is -2.19. The van der Waals surface area contributed by atoms with Crippen molar-refractivity contribution in [1.29, 1.82) is 0 Å². The molecule has 0 fully saturated rings. The van der Waals surface area contributed by atoms with Crippen LogP contribution in [-0.4, -0.2) is 35.9 Å². The molecule has 9 nitrogen and oxygen atoms in total. The van der Waals surface area contributed by atoms with Crippen molar-refractivity contribution in [2.45, 2.75) is 0 Å². The van der Waals surface area contributed by atoms with Crippen molar-refractivity contribution in [3.05, 3.63) is 71.9 Å². The van der Waals surface area contributed by atoms with Crippen LogP contribution < -0.4 is 26.0 Å². The molecule has 1 aromatic heterocycles. The molecule has 10 heteroatoms. The maximum absolute atomic E-state index is 12.1. The molecular formula is C22H21ClN6O3. The van der Waals surface area contributed by atoms with Crippen molar-refractivity contribution >= 4 is 52.2 Å². The summed E-state index contributed by atoms with van der Waals surface area (Å²) in [5.74, 6) is 0.446. The number of carbonyl (C=O) groups excluding carboxylic acids is 2. The number of para-hydroxylation sites is 1. The van der Waals surface area contributed by atoms with Gasteiger partial charge < -0.3 is 26.0 Å². The maximum Gasteiger partial charge on any atom is 0.253 e. The minimum Gasteiger partial charge on any atom is -0.494 e. The van der Waals surface area contributed by atoms with Crippen molar-refractivity contribution in [1.82, 2.24) is 15.3 Å². The molecule has 1 heterocycles. The van der Waals surface area contributed by atoms with Gasteiger partial charge in [-0.2, -0.15) is 4.98 Å². The number of anilines is 5. The lowest BCUT2D eigenvalue weighted by molar-refractivity contribution is -0.111. The normalized spacial score (nSPS) is 10.1. The Balaban J connectivity index is 1.86. The number of methoxy groups -OCH3 is 1. The number of hydrogen-bond acceptors (Lipinski definition) is 7. The van der Waals surface area contributed by atoms with Gasteiger partial charge in [0.15, 0.2) is 5.82 Å². The third-order valence-electron chi connectivity index (χ3n) is 4.30. The van der Waals surface area contributed by atoms with E-state index in [-0.39, 0.29) is 22.8 Å². The predicted molar refractivity (Wildman–Crippen MR) is 125 cm³/mol. The van der Waals surface area contributed by atoms with Crippen molar-refractivity contribution in [2.24, 2.45) is 0 Å². The molecule has 0 unspecified atom stereocenters. The number of benzene rings is 2. The fraction of sp³-hybridized carbons (Fsp3) is 0.0909. The molecule has 164 valence electrons. The van der Waals surface area contributed by atoms with E-state index in [0.29, 0.717) is 34.2 Å². The van der Waals surface area contributed by atoms with Gasteiger partial charge in [-0.05, 0) is 30.3 Å². The molecule has 2 amide bonds. The summed E-state index contributed by atoms with van der Waals surface area (Å²) in [6.07, 6.45) is 2.61. The van der Waals surface area contributed by atoms with Gasteiger partial charge in [-0.3, -0.25) is 9.59 Å². The second kappa shape index (κ2) is 10.3. The summed E-state index contributed by atoms with van der Waals surface area (Å²) in [5.41, 5.74) is 2.10. The van der Waals surface area contributed by atoms with Gasteiger partial charge in [0.25, 0.3) is 5.91 Å². The van der Waals surface area contributed by atoms with Crippen LogP contribution in [0.4, 0.5) is 28.8 Å². The molecule has 0 saturated heterocycles. The molecule has 0 saturated carbocycles. The summed E-state index contributed by atoms with van der Waals surface area (Å²) in [7, 11) is 3.06. The minimum absolute atomic E-state index is 0.245. The van der Waals surface area contributed by atoms with Crippen LogP contribution in [0, 0.1) is 0 Å². The van der Waals surface area contributed by atoms with Crippen molar-refractivity contribution in [3.63, 3.8) is 0 Å². The molecule has 0 bridgehead atoms. The summed E-state index contributed by atoms with van der Waals surface area (Å²) in [6.45, 7) is 3.43. The maximum atomic E-state index is 12.1. The highest BCUT2D eigenvalue weighted by Gasteiger charge is 2.14. The van der Waals surface area contributed by atoms with Gasteiger partial charge in [-0.25, -0.2) is 4.98 Å². The molecule has 32 heavy (non-hydrogen) atoms. The molecule has 3 aromatic rings. The minimum atomic E-state index is -0.332. The summed E-state index contributed by atoms with van der Waals surface area (Å²) in [4.78, 5) is 32.2. The highest BCUT2D eigenvalue weighted by Crippen LogP contribution is 2.31. The summed E-state index contributed by atoms with van der Waals surface area (Å²) in [6, 6.07) is 12.0. The first-order valence-corrected chi connectivity index (χ1v) is 9.82. The van der Waals surface area contributed by atoms with Crippen LogP contribution in [0.5, 0.6) is 5.75 Å². The predicted octanol–water partition coefficient (Wildman–Crippen LogP) is 4.11. The fourth-order valence-corrected chi connectivity index (χ4v) is 2.89. The van der Waals surface area contributed by atoms with E-state index in [1.165, 1.54) is 19.4 Å². The Bertz CT molecular complexity index is 1170. The van der Waals surface area contributed by atoms with E-state index >= 15 is 0 Å². The number of amides is 2. The monoisotopic (exact) mass is 452 g/mol. The van der Waals surface area contributed by atoms with E-state index in [9.17, 15) is 9.59 Å². The van der Waals surface area contributed by atoms with Crippen molar-refractivity contribution < 1.29 is 14.3 Å². The molecule has 4 N–H and O–H groups in total. The number of halogens is 1. The van der Waals surface area contributed by atoms with Crippen LogP contribution in [-0.2, 0) is 4.79 Å². The van der Waals surface area contributed by atoms with Crippen molar-refractivity contribution in [3.8, 4) is 5.75 Å². The zero-order chi connectivity index (χ0) is 23.1. The topological polar surface area (TPSA) is 117 Å². The standard InChI is InChI=1S/C22H21ClN6O3/c1-4-19(30)26-13-9-10-17(18(11-13)32-3)28-22-25-12-15(23)20(29-22)27-16-8-6-5-7-14(16)21(31)24-2/h4-12H,1H2,2-3H3,(H,24,31)(H,26,30)(H2,25,27,28,29). The van der Waals surface area contributed by atoms with Crippen LogP contribution in [0.1, 0.15) is 10.4 Å². The average Bonchev–Trinajstić information content (AvgIpc) is 2.81. The Hall–Kier alpha value is -4.11. The van der Waals surface area contributed by atoms with Gasteiger partial charge in [0.2, 0.25) is 11.9 Å². The third-order valence-corrected chi connectivity index (χ3v) is 4.57. The highest BCUT2D eigenvalue weighted by molar-refractivity contribution is 6.33. The number of hydrogen-bond donors (Lipinski definition) is 4. The SMILES string of the molecule is C=CC(=O)Nc1ccc(Nc2ncc(Cl)c(Nc3ccccc3C(=O)NC)n2)c(OC)c1. The molecule has 0 radical (unpaired) electrons. The highest BCUT2D eigenvalue weighted by atomic mass is 35.5. The third kappa shape index (κ3) is 5.32. The van der Waals surface area contributed by atoms with Gasteiger partial charge in [-0.15, -0.1) is 0 Å². The number of nitrogens with one attached hydrogen (secondary N) is 4. The van der Waals surface area contributed by atoms with Gasteiger partial charge in [0, 0.05) is 18.8 Å². The van der Waals surface area contributed by atoms with E-state index in [4.69, 9.17) is 16.3 Å². The second-order valence-electron chi connectivity index (χ2n) is 6.37. The molecule has 0 aliphatic rings. The summed E-state index contributed by atoms with van der Waals surface area (Å²) >= 11 is 6.27. The Morgan fingerprint density at radius 3 is 2.62 bits per heavy atom. The second-order valence-corrected chi connectivity index (χ2v) is 6.78. The van der Waals surface area contributed by atoms with Gasteiger partial charge in [0.1, 0.15) is 10.8 Å². The van der Waals surface area contributed by atoms with Crippen LogP contribution in [0.3, 0.4) is 0 Å².